The van der Waals surface area contributed by atoms with Crippen molar-refractivity contribution in [1.29, 1.82) is 0 Å². The van der Waals surface area contributed by atoms with Crippen LogP contribution in [0.1, 0.15) is 19.3 Å². The Balaban J connectivity index is 2.16. The number of benzene rings is 1. The molecule has 1 N–H and O–H groups in total. The molecule has 1 unspecified atom stereocenters. The van der Waals surface area contributed by atoms with E-state index in [0.717, 1.165) is 19.3 Å². The molecule has 80 valence electrons. The van der Waals surface area contributed by atoms with Gasteiger partial charge in [-0.15, -0.1) is 0 Å². The Kier molecular flexibility index (Phi) is 2.99. The summed E-state index contributed by atoms with van der Waals surface area (Å²) in [6.07, 6.45) is 7.04. The Morgan fingerprint density at radius 3 is 2.53 bits per heavy atom. The standard InChI is InChI=1S/C12H13F2N/c13-10-7-4-8-11(14)12(10)15-9-5-2-1-3-6-9/h2,4-5,7-9,15H,1,3,6H2. The molecule has 0 aromatic heterocycles. The molecular formula is C12H13F2N. The Labute approximate surface area is 87.8 Å². The average Bonchev–Trinajstić information content (AvgIpc) is 2.25. The van der Waals surface area contributed by atoms with E-state index >= 15 is 0 Å². The van der Waals surface area contributed by atoms with Crippen molar-refractivity contribution >= 4 is 5.69 Å². The monoisotopic (exact) mass is 209 g/mol. The van der Waals surface area contributed by atoms with Crippen molar-refractivity contribution in [2.24, 2.45) is 0 Å². The van der Waals surface area contributed by atoms with Gasteiger partial charge < -0.3 is 5.32 Å². The maximum atomic E-state index is 13.3. The predicted molar refractivity (Wildman–Crippen MR) is 56.8 cm³/mol. The van der Waals surface area contributed by atoms with Crippen molar-refractivity contribution in [2.75, 3.05) is 5.32 Å². The maximum absolute atomic E-state index is 13.3. The number of para-hydroxylation sites is 1. The summed E-state index contributed by atoms with van der Waals surface area (Å²) in [7, 11) is 0. The topological polar surface area (TPSA) is 12.0 Å². The molecule has 1 aliphatic carbocycles. The summed E-state index contributed by atoms with van der Waals surface area (Å²) < 4.78 is 26.6. The normalized spacial score (nSPS) is 20.3. The summed E-state index contributed by atoms with van der Waals surface area (Å²) in [5, 5.41) is 2.88. The third-order valence-corrected chi connectivity index (χ3v) is 2.55. The third-order valence-electron chi connectivity index (χ3n) is 2.55. The lowest BCUT2D eigenvalue weighted by atomic mass is 10.0. The van der Waals surface area contributed by atoms with Crippen LogP contribution in [-0.2, 0) is 0 Å². The molecule has 1 nitrogen and oxygen atoms in total. The second-order valence-electron chi connectivity index (χ2n) is 3.71. The van der Waals surface area contributed by atoms with Crippen LogP contribution in [0, 0.1) is 11.6 Å². The number of anilines is 1. The molecule has 3 heteroatoms. The Hall–Kier alpha value is -1.38. The minimum absolute atomic E-state index is 0.0194. The number of rotatable bonds is 2. The van der Waals surface area contributed by atoms with Crippen molar-refractivity contribution in [2.45, 2.75) is 25.3 Å². The zero-order chi connectivity index (χ0) is 10.7. The highest BCUT2D eigenvalue weighted by atomic mass is 19.1. The molecule has 15 heavy (non-hydrogen) atoms. The van der Waals surface area contributed by atoms with Crippen LogP contribution in [0.15, 0.2) is 30.4 Å². The number of nitrogens with one attached hydrogen (secondary N) is 1. The van der Waals surface area contributed by atoms with E-state index in [1.165, 1.54) is 18.2 Å². The van der Waals surface area contributed by atoms with E-state index in [4.69, 9.17) is 0 Å². The second-order valence-corrected chi connectivity index (χ2v) is 3.71. The van der Waals surface area contributed by atoms with Crippen LogP contribution in [0.2, 0.25) is 0 Å². The van der Waals surface area contributed by atoms with Gasteiger partial charge in [0.15, 0.2) is 0 Å². The van der Waals surface area contributed by atoms with Crippen LogP contribution in [0.3, 0.4) is 0 Å². The molecule has 0 amide bonds. The quantitative estimate of drug-likeness (QED) is 0.735. The van der Waals surface area contributed by atoms with Crippen molar-refractivity contribution in [3.63, 3.8) is 0 Å². The number of hydrogen-bond donors (Lipinski definition) is 1. The SMILES string of the molecule is Fc1cccc(F)c1NC1C=CCCC1. The second kappa shape index (κ2) is 4.43. The Morgan fingerprint density at radius 2 is 1.93 bits per heavy atom. The molecule has 1 atom stereocenters. The van der Waals surface area contributed by atoms with Crippen LogP contribution in [-0.4, -0.2) is 6.04 Å². The van der Waals surface area contributed by atoms with Gasteiger partial charge in [-0.1, -0.05) is 18.2 Å². The largest absolute Gasteiger partial charge is 0.374 e. The van der Waals surface area contributed by atoms with E-state index in [-0.39, 0.29) is 11.7 Å². The fourth-order valence-corrected chi connectivity index (χ4v) is 1.75. The predicted octanol–water partition coefficient (Wildman–Crippen LogP) is 3.49. The molecule has 0 fully saturated rings. The minimum atomic E-state index is -0.533. The first-order chi connectivity index (χ1) is 7.27. The van der Waals surface area contributed by atoms with E-state index in [1.807, 2.05) is 12.2 Å². The van der Waals surface area contributed by atoms with Gasteiger partial charge >= 0.3 is 0 Å². The van der Waals surface area contributed by atoms with Gasteiger partial charge in [0.05, 0.1) is 0 Å². The molecule has 0 spiro atoms. The Morgan fingerprint density at radius 1 is 1.20 bits per heavy atom. The van der Waals surface area contributed by atoms with Crippen LogP contribution >= 0.6 is 0 Å². The van der Waals surface area contributed by atoms with Crippen molar-refractivity contribution < 1.29 is 8.78 Å². The molecule has 1 aromatic carbocycles. The van der Waals surface area contributed by atoms with Gasteiger partial charge in [0.25, 0.3) is 0 Å². The molecule has 0 aliphatic heterocycles. The first-order valence-corrected chi connectivity index (χ1v) is 5.14. The van der Waals surface area contributed by atoms with Gasteiger partial charge in [0, 0.05) is 6.04 Å². The van der Waals surface area contributed by atoms with Gasteiger partial charge in [0.1, 0.15) is 17.3 Å². The fourth-order valence-electron chi connectivity index (χ4n) is 1.75. The molecule has 0 saturated carbocycles. The van der Waals surface area contributed by atoms with Gasteiger partial charge in [-0.3, -0.25) is 0 Å². The van der Waals surface area contributed by atoms with Crippen LogP contribution < -0.4 is 5.32 Å². The molecule has 0 bridgehead atoms. The molecule has 1 aromatic rings. The summed E-state index contributed by atoms with van der Waals surface area (Å²) in [6.45, 7) is 0. The summed E-state index contributed by atoms with van der Waals surface area (Å²) in [4.78, 5) is 0. The molecule has 2 rings (SSSR count). The molecule has 1 aliphatic rings. The molecule has 0 radical (unpaired) electrons. The van der Waals surface area contributed by atoms with Gasteiger partial charge in [-0.25, -0.2) is 8.78 Å². The highest BCUT2D eigenvalue weighted by Crippen LogP contribution is 2.22. The lowest BCUT2D eigenvalue weighted by Crippen LogP contribution is -2.20. The van der Waals surface area contributed by atoms with Gasteiger partial charge in [-0.05, 0) is 31.4 Å². The maximum Gasteiger partial charge on any atom is 0.149 e. The molecule has 0 saturated heterocycles. The van der Waals surface area contributed by atoms with Crippen molar-refractivity contribution in [3.8, 4) is 0 Å². The zero-order valence-electron chi connectivity index (χ0n) is 8.34. The fraction of sp³-hybridized carbons (Fsp3) is 0.333. The lowest BCUT2D eigenvalue weighted by molar-refractivity contribution is 0.579. The number of hydrogen-bond acceptors (Lipinski definition) is 1. The van der Waals surface area contributed by atoms with E-state index in [0.29, 0.717) is 0 Å². The first kappa shape index (κ1) is 10.1. The highest BCUT2D eigenvalue weighted by molar-refractivity contribution is 5.47. The molecular weight excluding hydrogens is 196 g/mol. The summed E-state index contributed by atoms with van der Waals surface area (Å²) in [5.74, 6) is -1.07. The van der Waals surface area contributed by atoms with Gasteiger partial charge in [-0.2, -0.15) is 0 Å². The minimum Gasteiger partial charge on any atom is -0.374 e. The third kappa shape index (κ3) is 2.35. The smallest absolute Gasteiger partial charge is 0.149 e. The van der Waals surface area contributed by atoms with E-state index in [9.17, 15) is 8.78 Å². The zero-order valence-corrected chi connectivity index (χ0v) is 8.34. The van der Waals surface area contributed by atoms with Gasteiger partial charge in [0.2, 0.25) is 0 Å². The summed E-state index contributed by atoms with van der Waals surface area (Å²) in [5.41, 5.74) is -0.0194. The Bertz CT molecular complexity index is 354. The van der Waals surface area contributed by atoms with Crippen molar-refractivity contribution in [3.05, 3.63) is 42.0 Å². The summed E-state index contributed by atoms with van der Waals surface area (Å²) in [6, 6.07) is 3.94. The first-order valence-electron chi connectivity index (χ1n) is 5.14. The van der Waals surface area contributed by atoms with E-state index < -0.39 is 11.6 Å². The van der Waals surface area contributed by atoms with E-state index in [1.54, 1.807) is 0 Å². The number of allylic oxidation sites excluding steroid dienone is 1. The van der Waals surface area contributed by atoms with Crippen LogP contribution in [0.5, 0.6) is 0 Å². The summed E-state index contributed by atoms with van der Waals surface area (Å²) >= 11 is 0. The number of halogens is 2. The highest BCUT2D eigenvalue weighted by Gasteiger charge is 2.13. The van der Waals surface area contributed by atoms with E-state index in [2.05, 4.69) is 5.32 Å². The lowest BCUT2D eigenvalue weighted by Gasteiger charge is -2.19. The average molecular weight is 209 g/mol. The molecule has 0 heterocycles. The van der Waals surface area contributed by atoms with Crippen molar-refractivity contribution in [1.82, 2.24) is 0 Å². The van der Waals surface area contributed by atoms with Crippen LogP contribution in [0.25, 0.3) is 0 Å². The van der Waals surface area contributed by atoms with Crippen LogP contribution in [0.4, 0.5) is 14.5 Å².